The average molecular weight is 339 g/mol. The molecule has 0 unspecified atom stereocenters. The fourth-order valence-electron chi connectivity index (χ4n) is 2.03. The van der Waals surface area contributed by atoms with Gasteiger partial charge in [0.2, 0.25) is 0 Å². The summed E-state index contributed by atoms with van der Waals surface area (Å²) in [5.41, 5.74) is 3.80. The third-order valence-electron chi connectivity index (χ3n) is 3.00. The van der Waals surface area contributed by atoms with Gasteiger partial charge in [-0.15, -0.1) is 0 Å². The summed E-state index contributed by atoms with van der Waals surface area (Å²) in [6.07, 6.45) is 2.26. The van der Waals surface area contributed by atoms with Crippen LogP contribution in [0.2, 0.25) is 5.02 Å². The molecule has 3 heteroatoms. The predicted molar refractivity (Wildman–Crippen MR) is 86.9 cm³/mol. The molecule has 0 atom stereocenters. The first-order chi connectivity index (χ1) is 9.20. The molecule has 0 amide bonds. The second-order valence-electron chi connectivity index (χ2n) is 4.51. The molecule has 0 spiro atoms. The van der Waals surface area contributed by atoms with Gasteiger partial charge < -0.3 is 5.32 Å². The summed E-state index contributed by atoms with van der Waals surface area (Å²) in [4.78, 5) is 0. The summed E-state index contributed by atoms with van der Waals surface area (Å²) in [5.74, 6) is 0. The maximum absolute atomic E-state index is 6.00. The summed E-state index contributed by atoms with van der Waals surface area (Å²) in [7, 11) is 0. The van der Waals surface area contributed by atoms with Gasteiger partial charge in [-0.25, -0.2) is 0 Å². The molecule has 0 aromatic heterocycles. The van der Waals surface area contributed by atoms with Crippen molar-refractivity contribution in [3.63, 3.8) is 0 Å². The first-order valence-electron chi connectivity index (χ1n) is 6.46. The first-order valence-corrected chi connectivity index (χ1v) is 7.63. The molecule has 0 aliphatic rings. The zero-order valence-electron chi connectivity index (χ0n) is 10.9. The Morgan fingerprint density at radius 2 is 1.95 bits per heavy atom. The van der Waals surface area contributed by atoms with Gasteiger partial charge in [0.25, 0.3) is 0 Å². The highest BCUT2D eigenvalue weighted by Gasteiger charge is 2.02. The van der Waals surface area contributed by atoms with Crippen LogP contribution in [0.25, 0.3) is 0 Å². The lowest BCUT2D eigenvalue weighted by Gasteiger charge is -2.12. The van der Waals surface area contributed by atoms with Gasteiger partial charge in [0.05, 0.1) is 5.02 Å². The fraction of sp³-hybridized carbons (Fsp3) is 0.250. The van der Waals surface area contributed by atoms with Crippen molar-refractivity contribution in [2.75, 3.05) is 5.32 Å². The molecule has 2 aromatic rings. The Morgan fingerprint density at radius 3 is 2.68 bits per heavy atom. The second-order valence-corrected chi connectivity index (χ2v) is 5.77. The van der Waals surface area contributed by atoms with E-state index in [9.17, 15) is 0 Å². The standard InChI is InChI=1S/C16H17BrClN/c1-2-5-13-6-3-4-7-16(13)19-11-12-8-9-15(18)14(17)10-12/h3-4,6-10,19H,2,5,11H2,1H3. The van der Waals surface area contributed by atoms with E-state index in [2.05, 4.69) is 58.5 Å². The van der Waals surface area contributed by atoms with Crippen molar-refractivity contribution in [3.05, 3.63) is 63.1 Å². The third-order valence-corrected chi connectivity index (χ3v) is 4.22. The lowest BCUT2D eigenvalue weighted by molar-refractivity contribution is 0.919. The van der Waals surface area contributed by atoms with E-state index in [1.54, 1.807) is 0 Å². The quantitative estimate of drug-likeness (QED) is 0.741. The SMILES string of the molecule is CCCc1ccccc1NCc1ccc(Cl)c(Br)c1. The molecular weight excluding hydrogens is 322 g/mol. The molecule has 100 valence electrons. The van der Waals surface area contributed by atoms with E-state index in [4.69, 9.17) is 11.6 Å². The number of hydrogen-bond donors (Lipinski definition) is 1. The van der Waals surface area contributed by atoms with Crippen LogP contribution in [0.3, 0.4) is 0 Å². The van der Waals surface area contributed by atoms with E-state index in [-0.39, 0.29) is 0 Å². The van der Waals surface area contributed by atoms with Crippen molar-refractivity contribution in [2.45, 2.75) is 26.3 Å². The Hall–Kier alpha value is -0.990. The lowest BCUT2D eigenvalue weighted by Crippen LogP contribution is -2.02. The monoisotopic (exact) mass is 337 g/mol. The van der Waals surface area contributed by atoms with Gasteiger partial charge in [0.1, 0.15) is 0 Å². The highest BCUT2D eigenvalue weighted by Crippen LogP contribution is 2.24. The molecule has 1 N–H and O–H groups in total. The highest BCUT2D eigenvalue weighted by atomic mass is 79.9. The number of benzene rings is 2. The first kappa shape index (κ1) is 14.4. The number of aryl methyl sites for hydroxylation is 1. The minimum Gasteiger partial charge on any atom is -0.381 e. The van der Waals surface area contributed by atoms with Crippen molar-refractivity contribution in [1.82, 2.24) is 0 Å². The van der Waals surface area contributed by atoms with Crippen LogP contribution in [-0.4, -0.2) is 0 Å². The average Bonchev–Trinajstić information content (AvgIpc) is 2.42. The second kappa shape index (κ2) is 6.97. The van der Waals surface area contributed by atoms with Gasteiger partial charge in [0, 0.05) is 16.7 Å². The molecular formula is C16H17BrClN. The van der Waals surface area contributed by atoms with Crippen LogP contribution in [0.4, 0.5) is 5.69 Å². The van der Waals surface area contributed by atoms with Gasteiger partial charge in [-0.05, 0) is 51.7 Å². The predicted octanol–water partition coefficient (Wildman–Crippen LogP) is 5.67. The summed E-state index contributed by atoms with van der Waals surface area (Å²) >= 11 is 9.45. The Labute approximate surface area is 128 Å². The molecule has 0 saturated heterocycles. The molecule has 0 aliphatic heterocycles. The minimum absolute atomic E-state index is 0.745. The van der Waals surface area contributed by atoms with Crippen molar-refractivity contribution < 1.29 is 0 Å². The van der Waals surface area contributed by atoms with Crippen LogP contribution in [0.1, 0.15) is 24.5 Å². The van der Waals surface area contributed by atoms with E-state index >= 15 is 0 Å². The Bertz CT molecular complexity index is 554. The molecule has 0 saturated carbocycles. The fourth-order valence-corrected chi connectivity index (χ4v) is 2.57. The zero-order chi connectivity index (χ0) is 13.7. The Kier molecular flexibility index (Phi) is 5.29. The van der Waals surface area contributed by atoms with E-state index in [0.29, 0.717) is 0 Å². The van der Waals surface area contributed by atoms with Gasteiger partial charge in [-0.1, -0.05) is 49.2 Å². The minimum atomic E-state index is 0.745. The summed E-state index contributed by atoms with van der Waals surface area (Å²) in [6.45, 7) is 3.00. The maximum atomic E-state index is 6.00. The van der Waals surface area contributed by atoms with E-state index in [1.807, 2.05) is 12.1 Å². The Balaban J connectivity index is 2.07. The van der Waals surface area contributed by atoms with Crippen molar-refractivity contribution in [2.24, 2.45) is 0 Å². The summed E-state index contributed by atoms with van der Waals surface area (Å²) < 4.78 is 0.940. The smallest absolute Gasteiger partial charge is 0.0548 e. The summed E-state index contributed by atoms with van der Waals surface area (Å²) in [5, 5.41) is 4.24. The number of halogens is 2. The van der Waals surface area contributed by atoms with Crippen LogP contribution in [0.15, 0.2) is 46.9 Å². The van der Waals surface area contributed by atoms with Crippen LogP contribution in [0.5, 0.6) is 0 Å². The van der Waals surface area contributed by atoms with Gasteiger partial charge in [-0.3, -0.25) is 0 Å². The molecule has 0 fully saturated rings. The summed E-state index contributed by atoms with van der Waals surface area (Å²) in [6, 6.07) is 14.5. The van der Waals surface area contributed by atoms with Crippen LogP contribution >= 0.6 is 27.5 Å². The number of hydrogen-bond acceptors (Lipinski definition) is 1. The van der Waals surface area contributed by atoms with Gasteiger partial charge in [-0.2, -0.15) is 0 Å². The zero-order valence-corrected chi connectivity index (χ0v) is 13.3. The molecule has 1 nitrogen and oxygen atoms in total. The molecule has 19 heavy (non-hydrogen) atoms. The van der Waals surface area contributed by atoms with E-state index in [0.717, 1.165) is 28.9 Å². The van der Waals surface area contributed by atoms with Crippen LogP contribution in [0, 0.1) is 0 Å². The highest BCUT2D eigenvalue weighted by molar-refractivity contribution is 9.10. The third kappa shape index (κ3) is 3.99. The van der Waals surface area contributed by atoms with Crippen LogP contribution < -0.4 is 5.32 Å². The van der Waals surface area contributed by atoms with Crippen LogP contribution in [-0.2, 0) is 13.0 Å². The number of para-hydroxylation sites is 1. The largest absolute Gasteiger partial charge is 0.381 e. The van der Waals surface area contributed by atoms with Gasteiger partial charge in [0.15, 0.2) is 0 Å². The number of rotatable bonds is 5. The molecule has 2 rings (SSSR count). The molecule has 0 bridgehead atoms. The number of nitrogens with one attached hydrogen (secondary N) is 1. The number of anilines is 1. The molecule has 0 heterocycles. The van der Waals surface area contributed by atoms with Gasteiger partial charge >= 0.3 is 0 Å². The van der Waals surface area contributed by atoms with E-state index < -0.39 is 0 Å². The molecule has 0 radical (unpaired) electrons. The van der Waals surface area contributed by atoms with Crippen molar-refractivity contribution in [3.8, 4) is 0 Å². The normalized spacial score (nSPS) is 10.5. The molecule has 2 aromatic carbocycles. The molecule has 0 aliphatic carbocycles. The van der Waals surface area contributed by atoms with Crippen molar-refractivity contribution in [1.29, 1.82) is 0 Å². The maximum Gasteiger partial charge on any atom is 0.0548 e. The van der Waals surface area contributed by atoms with E-state index in [1.165, 1.54) is 16.8 Å². The topological polar surface area (TPSA) is 12.0 Å². The lowest BCUT2D eigenvalue weighted by atomic mass is 10.1. The van der Waals surface area contributed by atoms with Crippen molar-refractivity contribution >= 4 is 33.2 Å². The Morgan fingerprint density at radius 1 is 1.16 bits per heavy atom.